The SMILES string of the molecule is CCNCCN(C)c1cn(C)c2ccccc12. The number of para-hydroxylation sites is 1. The van der Waals surface area contributed by atoms with Crippen LogP contribution in [0.15, 0.2) is 30.5 Å². The summed E-state index contributed by atoms with van der Waals surface area (Å²) in [4.78, 5) is 2.31. The van der Waals surface area contributed by atoms with Gasteiger partial charge in [0.25, 0.3) is 0 Å². The number of fused-ring (bicyclic) bond motifs is 1. The van der Waals surface area contributed by atoms with Crippen LogP contribution in [-0.2, 0) is 7.05 Å². The fourth-order valence-electron chi connectivity index (χ4n) is 2.17. The number of nitrogens with one attached hydrogen (secondary N) is 1. The highest BCUT2D eigenvalue weighted by Crippen LogP contribution is 2.27. The Morgan fingerprint density at radius 2 is 2.06 bits per heavy atom. The largest absolute Gasteiger partial charge is 0.372 e. The maximum absolute atomic E-state index is 3.36. The van der Waals surface area contributed by atoms with Crippen molar-refractivity contribution >= 4 is 16.6 Å². The number of rotatable bonds is 5. The molecule has 0 fully saturated rings. The van der Waals surface area contributed by atoms with E-state index in [1.807, 2.05) is 0 Å². The van der Waals surface area contributed by atoms with Crippen molar-refractivity contribution in [2.45, 2.75) is 6.92 Å². The Bertz CT molecular complexity index is 487. The van der Waals surface area contributed by atoms with Gasteiger partial charge in [0.2, 0.25) is 0 Å². The number of anilines is 1. The Hall–Kier alpha value is -1.48. The van der Waals surface area contributed by atoms with Gasteiger partial charge in [0.15, 0.2) is 0 Å². The monoisotopic (exact) mass is 231 g/mol. The quantitative estimate of drug-likeness (QED) is 0.796. The summed E-state index contributed by atoms with van der Waals surface area (Å²) in [5, 5.41) is 4.68. The Morgan fingerprint density at radius 1 is 1.29 bits per heavy atom. The van der Waals surface area contributed by atoms with Crippen molar-refractivity contribution in [3.05, 3.63) is 30.5 Å². The zero-order valence-corrected chi connectivity index (χ0v) is 10.9. The van der Waals surface area contributed by atoms with Gasteiger partial charge in [0.1, 0.15) is 0 Å². The molecule has 0 aliphatic carbocycles. The molecule has 1 N–H and O–H groups in total. The fourth-order valence-corrected chi connectivity index (χ4v) is 2.17. The van der Waals surface area contributed by atoms with Gasteiger partial charge in [-0.2, -0.15) is 0 Å². The van der Waals surface area contributed by atoms with Gasteiger partial charge in [0.05, 0.1) is 5.69 Å². The van der Waals surface area contributed by atoms with Crippen LogP contribution in [0.25, 0.3) is 10.9 Å². The van der Waals surface area contributed by atoms with Crippen LogP contribution in [0.1, 0.15) is 6.92 Å². The standard InChI is InChI=1S/C14H21N3/c1-4-15-9-10-16(2)14-11-17(3)13-8-6-5-7-12(13)14/h5-8,11,15H,4,9-10H2,1-3H3. The smallest absolute Gasteiger partial charge is 0.0623 e. The van der Waals surface area contributed by atoms with E-state index in [2.05, 4.69) is 66.3 Å². The maximum Gasteiger partial charge on any atom is 0.0623 e. The van der Waals surface area contributed by atoms with Gasteiger partial charge in [-0.1, -0.05) is 25.1 Å². The molecule has 3 nitrogen and oxygen atoms in total. The van der Waals surface area contributed by atoms with E-state index in [-0.39, 0.29) is 0 Å². The van der Waals surface area contributed by atoms with Crippen molar-refractivity contribution in [1.29, 1.82) is 0 Å². The number of hydrogen-bond donors (Lipinski definition) is 1. The van der Waals surface area contributed by atoms with Gasteiger partial charge in [-0.15, -0.1) is 0 Å². The van der Waals surface area contributed by atoms with Crippen molar-refractivity contribution in [2.24, 2.45) is 7.05 Å². The molecule has 0 unspecified atom stereocenters. The topological polar surface area (TPSA) is 20.2 Å². The summed E-state index contributed by atoms with van der Waals surface area (Å²) in [6.07, 6.45) is 2.20. The summed E-state index contributed by atoms with van der Waals surface area (Å²) >= 11 is 0. The van der Waals surface area contributed by atoms with Crippen LogP contribution in [0.2, 0.25) is 0 Å². The zero-order chi connectivity index (χ0) is 12.3. The van der Waals surface area contributed by atoms with Crippen molar-refractivity contribution in [3.8, 4) is 0 Å². The molecule has 92 valence electrons. The van der Waals surface area contributed by atoms with Crippen LogP contribution < -0.4 is 10.2 Å². The molecule has 2 aromatic rings. The van der Waals surface area contributed by atoms with E-state index >= 15 is 0 Å². The van der Waals surface area contributed by atoms with E-state index in [4.69, 9.17) is 0 Å². The molecule has 0 aliphatic rings. The summed E-state index contributed by atoms with van der Waals surface area (Å²) in [7, 11) is 4.25. The van der Waals surface area contributed by atoms with E-state index in [1.54, 1.807) is 0 Å². The lowest BCUT2D eigenvalue weighted by molar-refractivity contribution is 0.706. The second kappa shape index (κ2) is 5.23. The minimum Gasteiger partial charge on any atom is -0.372 e. The number of aromatic nitrogens is 1. The lowest BCUT2D eigenvalue weighted by Crippen LogP contribution is -2.28. The lowest BCUT2D eigenvalue weighted by Gasteiger charge is -2.18. The van der Waals surface area contributed by atoms with Crippen LogP contribution in [0.3, 0.4) is 0 Å². The van der Waals surface area contributed by atoms with Gasteiger partial charge in [-0.25, -0.2) is 0 Å². The molecular formula is C14H21N3. The van der Waals surface area contributed by atoms with Crippen molar-refractivity contribution < 1.29 is 0 Å². The second-order valence-corrected chi connectivity index (χ2v) is 4.42. The third kappa shape index (κ3) is 2.44. The lowest BCUT2D eigenvalue weighted by atomic mass is 10.2. The summed E-state index contributed by atoms with van der Waals surface area (Å²) in [5.74, 6) is 0. The first-order valence-electron chi connectivity index (χ1n) is 6.20. The molecule has 0 bridgehead atoms. The van der Waals surface area contributed by atoms with Crippen molar-refractivity contribution in [3.63, 3.8) is 0 Å². The van der Waals surface area contributed by atoms with E-state index in [0.717, 1.165) is 19.6 Å². The van der Waals surface area contributed by atoms with E-state index in [9.17, 15) is 0 Å². The predicted octanol–water partition coefficient (Wildman–Crippen LogP) is 2.22. The summed E-state index contributed by atoms with van der Waals surface area (Å²) in [6, 6.07) is 8.54. The molecular weight excluding hydrogens is 210 g/mol. The molecule has 0 aliphatic heterocycles. The molecule has 1 aromatic carbocycles. The van der Waals surface area contributed by atoms with E-state index in [0.29, 0.717) is 0 Å². The summed E-state index contributed by atoms with van der Waals surface area (Å²) in [5.41, 5.74) is 2.60. The highest BCUT2D eigenvalue weighted by atomic mass is 15.1. The minimum absolute atomic E-state index is 1.02. The predicted molar refractivity (Wildman–Crippen MR) is 74.7 cm³/mol. The average Bonchev–Trinajstić information content (AvgIpc) is 2.68. The Kier molecular flexibility index (Phi) is 3.69. The third-order valence-corrected chi connectivity index (χ3v) is 3.16. The van der Waals surface area contributed by atoms with E-state index < -0.39 is 0 Å². The summed E-state index contributed by atoms with van der Waals surface area (Å²) < 4.78 is 2.19. The third-order valence-electron chi connectivity index (χ3n) is 3.16. The van der Waals surface area contributed by atoms with Gasteiger partial charge >= 0.3 is 0 Å². The average molecular weight is 231 g/mol. The fraction of sp³-hybridized carbons (Fsp3) is 0.429. The van der Waals surface area contributed by atoms with Gasteiger partial charge in [0, 0.05) is 44.3 Å². The van der Waals surface area contributed by atoms with Gasteiger partial charge in [-0.3, -0.25) is 0 Å². The van der Waals surface area contributed by atoms with Crippen molar-refractivity contribution in [1.82, 2.24) is 9.88 Å². The molecule has 0 saturated carbocycles. The van der Waals surface area contributed by atoms with E-state index in [1.165, 1.54) is 16.6 Å². The molecule has 17 heavy (non-hydrogen) atoms. The minimum atomic E-state index is 1.02. The van der Waals surface area contributed by atoms with Crippen LogP contribution >= 0.6 is 0 Å². The zero-order valence-electron chi connectivity index (χ0n) is 10.9. The molecule has 1 heterocycles. The molecule has 0 amide bonds. The molecule has 0 radical (unpaired) electrons. The highest BCUT2D eigenvalue weighted by molar-refractivity contribution is 5.93. The van der Waals surface area contributed by atoms with Crippen LogP contribution in [0.5, 0.6) is 0 Å². The normalized spacial score (nSPS) is 11.0. The first-order chi connectivity index (χ1) is 8.24. The number of aryl methyl sites for hydroxylation is 1. The molecule has 0 saturated heterocycles. The number of hydrogen-bond acceptors (Lipinski definition) is 2. The Morgan fingerprint density at radius 3 is 2.82 bits per heavy atom. The second-order valence-electron chi connectivity index (χ2n) is 4.42. The molecule has 0 atom stereocenters. The Balaban J connectivity index is 2.23. The number of nitrogens with zero attached hydrogens (tertiary/aromatic N) is 2. The van der Waals surface area contributed by atoms with Gasteiger partial charge in [-0.05, 0) is 12.6 Å². The Labute approximate surface area is 103 Å². The molecule has 3 heteroatoms. The molecule has 0 spiro atoms. The maximum atomic E-state index is 3.36. The number of likely N-dealkylation sites (N-methyl/N-ethyl adjacent to an activating group) is 2. The van der Waals surface area contributed by atoms with Crippen LogP contribution in [0, 0.1) is 0 Å². The first-order valence-corrected chi connectivity index (χ1v) is 6.20. The van der Waals surface area contributed by atoms with Crippen LogP contribution in [-0.4, -0.2) is 31.2 Å². The molecule has 2 rings (SSSR count). The van der Waals surface area contributed by atoms with Crippen LogP contribution in [0.4, 0.5) is 5.69 Å². The number of benzene rings is 1. The molecule has 1 aromatic heterocycles. The summed E-state index contributed by atoms with van der Waals surface area (Å²) in [6.45, 7) is 5.22. The first kappa shape index (κ1) is 12.0. The van der Waals surface area contributed by atoms with Gasteiger partial charge < -0.3 is 14.8 Å². The highest BCUT2D eigenvalue weighted by Gasteiger charge is 2.09. The van der Waals surface area contributed by atoms with Crippen molar-refractivity contribution in [2.75, 3.05) is 31.6 Å².